The number of imidazole rings is 1. The predicted octanol–water partition coefficient (Wildman–Crippen LogP) is -1.74. The van der Waals surface area contributed by atoms with E-state index < -0.39 is 41.8 Å². The molecule has 0 saturated heterocycles. The zero-order valence-corrected chi connectivity index (χ0v) is 15.3. The fourth-order valence-corrected chi connectivity index (χ4v) is 2.30. The van der Waals surface area contributed by atoms with Crippen LogP contribution in [0.25, 0.3) is 0 Å². The summed E-state index contributed by atoms with van der Waals surface area (Å²) in [6.07, 6.45) is 2.86. The molecular weight excluding hydrogens is 356 g/mol. The van der Waals surface area contributed by atoms with E-state index in [0.29, 0.717) is 5.69 Å². The van der Waals surface area contributed by atoms with Crippen LogP contribution in [0, 0.1) is 5.92 Å². The van der Waals surface area contributed by atoms with Crippen molar-refractivity contribution in [2.24, 2.45) is 17.4 Å². The van der Waals surface area contributed by atoms with Crippen molar-refractivity contribution in [1.82, 2.24) is 20.6 Å². The van der Waals surface area contributed by atoms with Gasteiger partial charge in [-0.05, 0) is 12.3 Å². The SMILES string of the molecule is CC(C)C(NC(=O)C(N)CCC(N)=O)C(=O)NC(Cc1cnc[nH]1)C(=O)O. The van der Waals surface area contributed by atoms with E-state index in [0.717, 1.165) is 0 Å². The fourth-order valence-electron chi connectivity index (χ4n) is 2.30. The maximum absolute atomic E-state index is 12.5. The van der Waals surface area contributed by atoms with E-state index in [2.05, 4.69) is 20.6 Å². The number of primary amides is 1. The Labute approximate surface area is 156 Å². The molecular formula is C16H26N6O5. The lowest BCUT2D eigenvalue weighted by Crippen LogP contribution is -2.56. The lowest BCUT2D eigenvalue weighted by atomic mass is 10.0. The van der Waals surface area contributed by atoms with Crippen LogP contribution in [0.3, 0.4) is 0 Å². The van der Waals surface area contributed by atoms with Gasteiger partial charge in [-0.3, -0.25) is 14.4 Å². The van der Waals surface area contributed by atoms with Crippen molar-refractivity contribution in [3.63, 3.8) is 0 Å². The minimum absolute atomic E-state index is 0.0119. The molecule has 3 amide bonds. The number of nitrogens with one attached hydrogen (secondary N) is 3. The lowest BCUT2D eigenvalue weighted by Gasteiger charge is -2.25. The molecule has 11 heteroatoms. The van der Waals surface area contributed by atoms with Crippen molar-refractivity contribution in [3.05, 3.63) is 18.2 Å². The highest BCUT2D eigenvalue weighted by Crippen LogP contribution is 2.06. The van der Waals surface area contributed by atoms with Crippen molar-refractivity contribution >= 4 is 23.7 Å². The molecule has 1 aromatic heterocycles. The number of carboxylic acid groups (broad SMARTS) is 1. The Morgan fingerprint density at radius 2 is 1.89 bits per heavy atom. The molecule has 3 atom stereocenters. The predicted molar refractivity (Wildman–Crippen MR) is 95.0 cm³/mol. The van der Waals surface area contributed by atoms with E-state index >= 15 is 0 Å². The third kappa shape index (κ3) is 7.44. The molecule has 0 saturated carbocycles. The van der Waals surface area contributed by atoms with Crippen LogP contribution < -0.4 is 22.1 Å². The number of aromatic nitrogens is 2. The number of hydrogen-bond donors (Lipinski definition) is 6. The molecule has 8 N–H and O–H groups in total. The van der Waals surface area contributed by atoms with Gasteiger partial charge in [0.2, 0.25) is 17.7 Å². The number of rotatable bonds is 11. The van der Waals surface area contributed by atoms with Crippen LogP contribution in [-0.4, -0.2) is 56.9 Å². The second-order valence-electron chi connectivity index (χ2n) is 6.52. The molecule has 1 heterocycles. The molecule has 27 heavy (non-hydrogen) atoms. The summed E-state index contributed by atoms with van der Waals surface area (Å²) in [6.45, 7) is 3.40. The third-order valence-corrected chi connectivity index (χ3v) is 3.88. The van der Waals surface area contributed by atoms with E-state index in [1.165, 1.54) is 12.5 Å². The van der Waals surface area contributed by atoms with Gasteiger partial charge in [0.05, 0.1) is 12.4 Å². The highest BCUT2D eigenvalue weighted by molar-refractivity contribution is 5.92. The van der Waals surface area contributed by atoms with E-state index in [4.69, 9.17) is 11.5 Å². The summed E-state index contributed by atoms with van der Waals surface area (Å²) in [4.78, 5) is 53.5. The molecule has 3 unspecified atom stereocenters. The van der Waals surface area contributed by atoms with Crippen LogP contribution in [0.5, 0.6) is 0 Å². The van der Waals surface area contributed by atoms with Gasteiger partial charge in [0, 0.05) is 24.7 Å². The van der Waals surface area contributed by atoms with Crippen LogP contribution in [0.2, 0.25) is 0 Å². The van der Waals surface area contributed by atoms with Gasteiger partial charge in [0.1, 0.15) is 12.1 Å². The van der Waals surface area contributed by atoms with Crippen molar-refractivity contribution in [3.8, 4) is 0 Å². The Hall–Kier alpha value is -2.95. The van der Waals surface area contributed by atoms with Crippen LogP contribution in [0.4, 0.5) is 0 Å². The van der Waals surface area contributed by atoms with Crippen LogP contribution >= 0.6 is 0 Å². The Morgan fingerprint density at radius 3 is 2.37 bits per heavy atom. The zero-order valence-electron chi connectivity index (χ0n) is 15.3. The normalized spacial score (nSPS) is 14.2. The first-order chi connectivity index (χ1) is 12.6. The summed E-state index contributed by atoms with van der Waals surface area (Å²) < 4.78 is 0. The number of carbonyl (C=O) groups is 4. The number of aliphatic carboxylic acids is 1. The van der Waals surface area contributed by atoms with Crippen molar-refractivity contribution in [2.45, 2.75) is 51.2 Å². The van der Waals surface area contributed by atoms with Crippen LogP contribution in [0.15, 0.2) is 12.5 Å². The quantitative estimate of drug-likeness (QED) is 0.261. The van der Waals surface area contributed by atoms with Gasteiger partial charge in [-0.1, -0.05) is 13.8 Å². The number of nitrogens with zero attached hydrogens (tertiary/aromatic N) is 1. The number of carbonyl (C=O) groups excluding carboxylic acids is 3. The summed E-state index contributed by atoms with van der Waals surface area (Å²) >= 11 is 0. The first-order valence-electron chi connectivity index (χ1n) is 8.46. The largest absolute Gasteiger partial charge is 0.480 e. The number of H-pyrrole nitrogens is 1. The Morgan fingerprint density at radius 1 is 1.22 bits per heavy atom. The molecule has 0 aliphatic heterocycles. The van der Waals surface area contributed by atoms with Crippen molar-refractivity contribution in [2.75, 3.05) is 0 Å². The molecule has 1 aromatic rings. The van der Waals surface area contributed by atoms with Gasteiger partial charge >= 0.3 is 5.97 Å². The smallest absolute Gasteiger partial charge is 0.326 e. The standard InChI is InChI=1S/C16H26N6O5/c1-8(2)13(22-14(24)10(17)3-4-12(18)23)15(25)21-11(16(26)27)5-9-6-19-7-20-9/h6-8,10-11,13H,3-5,17H2,1-2H3,(H2,18,23)(H,19,20)(H,21,25)(H,22,24)(H,26,27). The molecule has 0 bridgehead atoms. The summed E-state index contributed by atoms with van der Waals surface area (Å²) in [5.41, 5.74) is 11.3. The molecule has 1 rings (SSSR count). The van der Waals surface area contributed by atoms with E-state index in [-0.39, 0.29) is 25.2 Å². The van der Waals surface area contributed by atoms with Gasteiger partial charge < -0.3 is 32.2 Å². The first-order valence-corrected chi connectivity index (χ1v) is 8.46. The van der Waals surface area contributed by atoms with Gasteiger partial charge in [-0.15, -0.1) is 0 Å². The number of hydrogen-bond acceptors (Lipinski definition) is 6. The van der Waals surface area contributed by atoms with Gasteiger partial charge in [0.25, 0.3) is 0 Å². The Kier molecular flexibility index (Phi) is 8.39. The topological polar surface area (TPSA) is 193 Å². The molecule has 0 aromatic carbocycles. The summed E-state index contributed by atoms with van der Waals surface area (Å²) in [6, 6.07) is -3.19. The lowest BCUT2D eigenvalue weighted by molar-refractivity contribution is -0.142. The highest BCUT2D eigenvalue weighted by atomic mass is 16.4. The van der Waals surface area contributed by atoms with Crippen molar-refractivity contribution < 1.29 is 24.3 Å². The van der Waals surface area contributed by atoms with E-state index in [1.807, 2.05) is 0 Å². The third-order valence-electron chi connectivity index (χ3n) is 3.88. The van der Waals surface area contributed by atoms with Crippen LogP contribution in [-0.2, 0) is 25.6 Å². The first kappa shape index (κ1) is 22.1. The van der Waals surface area contributed by atoms with Crippen LogP contribution in [0.1, 0.15) is 32.4 Å². The molecule has 0 aliphatic carbocycles. The summed E-state index contributed by atoms with van der Waals surface area (Å²) in [7, 11) is 0. The van der Waals surface area contributed by atoms with E-state index in [9.17, 15) is 24.3 Å². The number of carboxylic acids is 1. The average molecular weight is 382 g/mol. The van der Waals surface area contributed by atoms with Gasteiger partial charge in [-0.2, -0.15) is 0 Å². The van der Waals surface area contributed by atoms with Gasteiger partial charge in [0.15, 0.2) is 0 Å². The van der Waals surface area contributed by atoms with E-state index in [1.54, 1.807) is 13.8 Å². The summed E-state index contributed by atoms with van der Waals surface area (Å²) in [5.74, 6) is -3.39. The highest BCUT2D eigenvalue weighted by Gasteiger charge is 2.30. The maximum Gasteiger partial charge on any atom is 0.326 e. The Bertz CT molecular complexity index is 660. The minimum Gasteiger partial charge on any atom is -0.480 e. The molecule has 0 spiro atoms. The summed E-state index contributed by atoms with van der Waals surface area (Å²) in [5, 5.41) is 14.2. The molecule has 150 valence electrons. The monoisotopic (exact) mass is 382 g/mol. The second-order valence-corrected chi connectivity index (χ2v) is 6.52. The Balaban J connectivity index is 2.74. The second kappa shape index (κ2) is 10.3. The number of amides is 3. The molecule has 0 aliphatic rings. The number of aromatic amines is 1. The fraction of sp³-hybridized carbons (Fsp3) is 0.562. The number of nitrogens with two attached hydrogens (primary N) is 2. The van der Waals surface area contributed by atoms with Gasteiger partial charge in [-0.25, -0.2) is 9.78 Å². The minimum atomic E-state index is -1.22. The van der Waals surface area contributed by atoms with Crippen molar-refractivity contribution in [1.29, 1.82) is 0 Å². The molecule has 0 fully saturated rings. The zero-order chi connectivity index (χ0) is 20.6. The maximum atomic E-state index is 12.5. The molecule has 11 nitrogen and oxygen atoms in total. The average Bonchev–Trinajstić information content (AvgIpc) is 3.09. The molecule has 0 radical (unpaired) electrons.